The van der Waals surface area contributed by atoms with Gasteiger partial charge in [0.1, 0.15) is 0 Å². The number of rotatable bonds is 4. The molecular formula is C14H14Cl2N2OS. The third-order valence-corrected chi connectivity index (χ3v) is 4.58. The lowest BCUT2D eigenvalue weighted by atomic mass is 10.1. The molecule has 2 N–H and O–H groups in total. The molecular weight excluding hydrogens is 315 g/mol. The van der Waals surface area contributed by atoms with Crippen LogP contribution in [0.4, 0.5) is 5.69 Å². The summed E-state index contributed by atoms with van der Waals surface area (Å²) in [6.07, 6.45) is 0. The smallest absolute Gasteiger partial charge is 0.254 e. The summed E-state index contributed by atoms with van der Waals surface area (Å²) >= 11 is 13.5. The van der Waals surface area contributed by atoms with Crippen LogP contribution in [0.2, 0.25) is 10.0 Å². The van der Waals surface area contributed by atoms with E-state index in [9.17, 15) is 4.79 Å². The Kier molecular flexibility index (Phi) is 4.91. The molecule has 106 valence electrons. The first-order chi connectivity index (χ1) is 9.52. The van der Waals surface area contributed by atoms with E-state index in [1.165, 1.54) is 0 Å². The molecule has 6 heteroatoms. The van der Waals surface area contributed by atoms with Gasteiger partial charge >= 0.3 is 0 Å². The molecule has 1 aromatic heterocycles. The first-order valence-electron chi connectivity index (χ1n) is 6.09. The number of anilines is 1. The highest BCUT2D eigenvalue weighted by Crippen LogP contribution is 2.30. The van der Waals surface area contributed by atoms with Crippen molar-refractivity contribution < 1.29 is 4.79 Å². The SMILES string of the molecule is CCN(Cc1cccs1)C(=O)c1cc(N)c(Cl)c(Cl)c1. The highest BCUT2D eigenvalue weighted by molar-refractivity contribution is 7.09. The average Bonchev–Trinajstić information content (AvgIpc) is 2.93. The maximum Gasteiger partial charge on any atom is 0.254 e. The Labute approximate surface area is 131 Å². The fraction of sp³-hybridized carbons (Fsp3) is 0.214. The molecule has 0 fully saturated rings. The summed E-state index contributed by atoms with van der Waals surface area (Å²) in [5.74, 6) is -0.105. The van der Waals surface area contributed by atoms with Crippen LogP contribution < -0.4 is 5.73 Å². The van der Waals surface area contributed by atoms with Gasteiger partial charge in [-0.15, -0.1) is 11.3 Å². The van der Waals surface area contributed by atoms with Gasteiger partial charge < -0.3 is 10.6 Å². The molecule has 1 aromatic carbocycles. The number of carbonyl (C=O) groups is 1. The van der Waals surface area contributed by atoms with Crippen molar-refractivity contribution >= 4 is 46.1 Å². The molecule has 0 saturated heterocycles. The number of thiophene rings is 1. The van der Waals surface area contributed by atoms with Crippen molar-refractivity contribution in [2.75, 3.05) is 12.3 Å². The first kappa shape index (κ1) is 15.2. The third kappa shape index (κ3) is 3.26. The molecule has 20 heavy (non-hydrogen) atoms. The van der Waals surface area contributed by atoms with Gasteiger partial charge in [0.05, 0.1) is 22.3 Å². The number of benzene rings is 1. The predicted molar refractivity (Wildman–Crippen MR) is 85.6 cm³/mol. The number of hydrogen-bond acceptors (Lipinski definition) is 3. The lowest BCUT2D eigenvalue weighted by Crippen LogP contribution is -2.30. The normalized spacial score (nSPS) is 10.6. The highest BCUT2D eigenvalue weighted by Gasteiger charge is 2.17. The van der Waals surface area contributed by atoms with Crippen LogP contribution in [0.15, 0.2) is 29.6 Å². The highest BCUT2D eigenvalue weighted by atomic mass is 35.5. The standard InChI is InChI=1S/C14H14Cl2N2OS/c1-2-18(8-10-4-3-5-20-10)14(19)9-6-11(15)13(16)12(17)7-9/h3-7H,2,8,17H2,1H3. The third-order valence-electron chi connectivity index (χ3n) is 2.90. The summed E-state index contributed by atoms with van der Waals surface area (Å²) in [4.78, 5) is 15.4. The van der Waals surface area contributed by atoms with E-state index in [1.807, 2.05) is 24.4 Å². The molecule has 0 unspecified atom stereocenters. The van der Waals surface area contributed by atoms with Crippen LogP contribution in [0.25, 0.3) is 0 Å². The van der Waals surface area contributed by atoms with Gasteiger partial charge in [-0.05, 0) is 30.5 Å². The van der Waals surface area contributed by atoms with E-state index in [2.05, 4.69) is 0 Å². The van der Waals surface area contributed by atoms with Gasteiger partial charge in [0.2, 0.25) is 0 Å². The second kappa shape index (κ2) is 6.48. The topological polar surface area (TPSA) is 46.3 Å². The molecule has 1 heterocycles. The van der Waals surface area contributed by atoms with Crippen molar-refractivity contribution in [2.45, 2.75) is 13.5 Å². The Bertz CT molecular complexity index is 591. The average molecular weight is 329 g/mol. The van der Waals surface area contributed by atoms with Gasteiger partial charge in [0.25, 0.3) is 5.91 Å². The summed E-state index contributed by atoms with van der Waals surface area (Å²) in [7, 11) is 0. The fourth-order valence-electron chi connectivity index (χ4n) is 1.83. The molecule has 0 aliphatic heterocycles. The van der Waals surface area contributed by atoms with Crippen LogP contribution in [-0.2, 0) is 6.54 Å². The molecule has 0 atom stereocenters. The Morgan fingerprint density at radius 1 is 1.40 bits per heavy atom. The molecule has 2 rings (SSSR count). The number of carbonyl (C=O) groups excluding carboxylic acids is 1. The van der Waals surface area contributed by atoms with E-state index in [-0.39, 0.29) is 10.9 Å². The zero-order chi connectivity index (χ0) is 14.7. The maximum atomic E-state index is 12.5. The molecule has 0 bridgehead atoms. The minimum absolute atomic E-state index is 0.105. The van der Waals surface area contributed by atoms with Crippen molar-refractivity contribution in [3.8, 4) is 0 Å². The minimum atomic E-state index is -0.105. The molecule has 1 amide bonds. The van der Waals surface area contributed by atoms with Crippen molar-refractivity contribution in [3.63, 3.8) is 0 Å². The van der Waals surface area contributed by atoms with E-state index >= 15 is 0 Å². The van der Waals surface area contributed by atoms with Crippen LogP contribution in [0.1, 0.15) is 22.2 Å². The van der Waals surface area contributed by atoms with Crippen molar-refractivity contribution in [1.29, 1.82) is 0 Å². The van der Waals surface area contributed by atoms with Crippen LogP contribution in [0.5, 0.6) is 0 Å². The maximum absolute atomic E-state index is 12.5. The van der Waals surface area contributed by atoms with Crippen LogP contribution in [-0.4, -0.2) is 17.4 Å². The second-order valence-electron chi connectivity index (χ2n) is 4.26. The number of hydrogen-bond donors (Lipinski definition) is 1. The Hall–Kier alpha value is -1.23. The Morgan fingerprint density at radius 3 is 2.70 bits per heavy atom. The summed E-state index contributed by atoms with van der Waals surface area (Å²) in [5.41, 5.74) is 6.52. The van der Waals surface area contributed by atoms with Gasteiger partial charge in [-0.2, -0.15) is 0 Å². The molecule has 0 radical (unpaired) electrons. The number of nitrogens with zero attached hydrogens (tertiary/aromatic N) is 1. The number of nitrogen functional groups attached to an aromatic ring is 1. The number of amides is 1. The van der Waals surface area contributed by atoms with E-state index < -0.39 is 0 Å². The molecule has 0 aliphatic rings. The quantitative estimate of drug-likeness (QED) is 0.850. The van der Waals surface area contributed by atoms with E-state index in [4.69, 9.17) is 28.9 Å². The molecule has 2 aromatic rings. The summed E-state index contributed by atoms with van der Waals surface area (Å²) in [6, 6.07) is 7.09. The van der Waals surface area contributed by atoms with Crippen molar-refractivity contribution in [1.82, 2.24) is 4.90 Å². The van der Waals surface area contributed by atoms with Crippen LogP contribution in [0, 0.1) is 0 Å². The van der Waals surface area contributed by atoms with Gasteiger partial charge in [-0.1, -0.05) is 29.3 Å². The summed E-state index contributed by atoms with van der Waals surface area (Å²) < 4.78 is 0. The predicted octanol–water partition coefficient (Wildman–Crippen LogP) is 4.30. The summed E-state index contributed by atoms with van der Waals surface area (Å²) in [5, 5.41) is 2.57. The van der Waals surface area contributed by atoms with Gasteiger partial charge in [0, 0.05) is 17.0 Å². The van der Waals surface area contributed by atoms with E-state index in [0.29, 0.717) is 29.4 Å². The fourth-order valence-corrected chi connectivity index (χ4v) is 2.89. The zero-order valence-electron chi connectivity index (χ0n) is 10.9. The summed E-state index contributed by atoms with van der Waals surface area (Å²) in [6.45, 7) is 3.12. The molecule has 0 aliphatic carbocycles. The van der Waals surface area contributed by atoms with Crippen LogP contribution >= 0.6 is 34.5 Å². The molecule has 0 spiro atoms. The van der Waals surface area contributed by atoms with E-state index in [0.717, 1.165) is 4.88 Å². The second-order valence-corrected chi connectivity index (χ2v) is 6.08. The van der Waals surface area contributed by atoms with Crippen molar-refractivity contribution in [2.24, 2.45) is 0 Å². The van der Waals surface area contributed by atoms with Gasteiger partial charge in [0.15, 0.2) is 0 Å². The van der Waals surface area contributed by atoms with Crippen LogP contribution in [0.3, 0.4) is 0 Å². The minimum Gasteiger partial charge on any atom is -0.397 e. The molecule has 0 saturated carbocycles. The lowest BCUT2D eigenvalue weighted by Gasteiger charge is -2.20. The first-order valence-corrected chi connectivity index (χ1v) is 7.72. The Balaban J connectivity index is 2.24. The van der Waals surface area contributed by atoms with Gasteiger partial charge in [-0.25, -0.2) is 0 Å². The van der Waals surface area contributed by atoms with Crippen molar-refractivity contribution in [3.05, 3.63) is 50.1 Å². The molecule has 3 nitrogen and oxygen atoms in total. The number of halogens is 2. The number of nitrogens with two attached hydrogens (primary N) is 1. The monoisotopic (exact) mass is 328 g/mol. The van der Waals surface area contributed by atoms with Gasteiger partial charge in [-0.3, -0.25) is 4.79 Å². The largest absolute Gasteiger partial charge is 0.397 e. The lowest BCUT2D eigenvalue weighted by molar-refractivity contribution is 0.0754. The van der Waals surface area contributed by atoms with E-state index in [1.54, 1.807) is 28.4 Å². The Morgan fingerprint density at radius 2 is 2.15 bits per heavy atom. The zero-order valence-corrected chi connectivity index (χ0v) is 13.2.